The number of amides is 2. The van der Waals surface area contributed by atoms with E-state index in [1.165, 1.54) is 0 Å². The largest absolute Gasteiger partial charge is 0.496 e. The summed E-state index contributed by atoms with van der Waals surface area (Å²) in [5, 5.41) is 2.95. The van der Waals surface area contributed by atoms with Gasteiger partial charge >= 0.3 is 0 Å². The summed E-state index contributed by atoms with van der Waals surface area (Å²) in [4.78, 5) is 26.4. The number of hydrogen-bond acceptors (Lipinski definition) is 3. The van der Waals surface area contributed by atoms with Crippen molar-refractivity contribution in [2.45, 2.75) is 19.8 Å². The number of anilines is 1. The van der Waals surface area contributed by atoms with Crippen molar-refractivity contribution >= 4 is 17.5 Å². The van der Waals surface area contributed by atoms with E-state index in [9.17, 15) is 9.59 Å². The van der Waals surface area contributed by atoms with E-state index in [2.05, 4.69) is 5.32 Å². The van der Waals surface area contributed by atoms with Crippen LogP contribution in [0.4, 0.5) is 5.69 Å². The minimum atomic E-state index is -0.304. The Morgan fingerprint density at radius 2 is 1.92 bits per heavy atom. The Bertz CT molecular complexity index is 786. The Balaban J connectivity index is 1.54. The number of benzene rings is 2. The molecule has 1 fully saturated rings. The predicted molar refractivity (Wildman–Crippen MR) is 101 cm³/mol. The molecule has 0 radical (unpaired) electrons. The van der Waals surface area contributed by atoms with Crippen LogP contribution in [-0.4, -0.2) is 32.0 Å². The molecule has 0 bridgehead atoms. The van der Waals surface area contributed by atoms with Crippen LogP contribution in [-0.2, 0) is 16.0 Å². The van der Waals surface area contributed by atoms with E-state index in [-0.39, 0.29) is 24.2 Å². The van der Waals surface area contributed by atoms with Gasteiger partial charge in [-0.2, -0.15) is 0 Å². The van der Waals surface area contributed by atoms with E-state index in [0.717, 1.165) is 22.6 Å². The van der Waals surface area contributed by atoms with Crippen molar-refractivity contribution in [2.24, 2.45) is 5.92 Å². The van der Waals surface area contributed by atoms with E-state index >= 15 is 0 Å². The second-order valence-corrected chi connectivity index (χ2v) is 6.59. The minimum absolute atomic E-state index is 0.00117. The highest BCUT2D eigenvalue weighted by atomic mass is 16.5. The van der Waals surface area contributed by atoms with E-state index in [1.807, 2.05) is 55.5 Å². The molecule has 1 heterocycles. The fourth-order valence-electron chi connectivity index (χ4n) is 3.23. The van der Waals surface area contributed by atoms with E-state index in [4.69, 9.17) is 4.74 Å². The summed E-state index contributed by atoms with van der Waals surface area (Å²) in [5.74, 6) is 0.450. The van der Waals surface area contributed by atoms with Crippen LogP contribution in [0.2, 0.25) is 0 Å². The SMILES string of the molecule is COc1ccccc1CCNC(=O)C1CC(=O)N(c2ccc(C)cc2)C1. The maximum atomic E-state index is 12.4. The summed E-state index contributed by atoms with van der Waals surface area (Å²) < 4.78 is 5.32. The summed E-state index contributed by atoms with van der Waals surface area (Å²) in [7, 11) is 1.64. The maximum Gasteiger partial charge on any atom is 0.227 e. The van der Waals surface area contributed by atoms with Crippen molar-refractivity contribution in [3.05, 3.63) is 59.7 Å². The van der Waals surface area contributed by atoms with Gasteiger partial charge in [0.1, 0.15) is 5.75 Å². The van der Waals surface area contributed by atoms with Gasteiger partial charge in [-0.15, -0.1) is 0 Å². The monoisotopic (exact) mass is 352 g/mol. The van der Waals surface area contributed by atoms with Gasteiger partial charge in [-0.1, -0.05) is 35.9 Å². The topological polar surface area (TPSA) is 58.6 Å². The molecule has 0 aromatic heterocycles. The Kier molecular flexibility index (Phi) is 5.56. The van der Waals surface area contributed by atoms with Gasteiger partial charge in [0.15, 0.2) is 0 Å². The Labute approximate surface area is 154 Å². The van der Waals surface area contributed by atoms with Gasteiger partial charge in [-0.05, 0) is 37.1 Å². The summed E-state index contributed by atoms with van der Waals surface area (Å²) in [5.41, 5.74) is 3.05. The van der Waals surface area contributed by atoms with Crippen molar-refractivity contribution in [3.63, 3.8) is 0 Å². The van der Waals surface area contributed by atoms with Crippen molar-refractivity contribution in [1.82, 2.24) is 5.32 Å². The molecule has 1 unspecified atom stereocenters. The molecule has 0 aliphatic carbocycles. The fourth-order valence-corrected chi connectivity index (χ4v) is 3.23. The number of hydrogen-bond donors (Lipinski definition) is 1. The average molecular weight is 352 g/mol. The van der Waals surface area contributed by atoms with Gasteiger partial charge in [0.05, 0.1) is 13.0 Å². The standard InChI is InChI=1S/C21H24N2O3/c1-15-7-9-18(10-8-15)23-14-17(13-20(23)24)21(25)22-12-11-16-5-3-4-6-19(16)26-2/h3-10,17H,11-14H2,1-2H3,(H,22,25). The first-order valence-electron chi connectivity index (χ1n) is 8.85. The zero-order chi connectivity index (χ0) is 18.5. The van der Waals surface area contributed by atoms with Gasteiger partial charge in [0.25, 0.3) is 0 Å². The molecule has 1 atom stereocenters. The second kappa shape index (κ2) is 8.04. The molecule has 1 N–H and O–H groups in total. The molecule has 1 aliphatic heterocycles. The quantitative estimate of drug-likeness (QED) is 0.870. The molecule has 0 spiro atoms. The number of carbonyl (C=O) groups excluding carboxylic acids is 2. The molecule has 1 saturated heterocycles. The van der Waals surface area contributed by atoms with Crippen LogP contribution in [0.1, 0.15) is 17.5 Å². The van der Waals surface area contributed by atoms with Gasteiger partial charge in [0.2, 0.25) is 11.8 Å². The molecule has 1 aliphatic rings. The van der Waals surface area contributed by atoms with E-state index < -0.39 is 0 Å². The van der Waals surface area contributed by atoms with Crippen LogP contribution in [0.15, 0.2) is 48.5 Å². The van der Waals surface area contributed by atoms with Crippen molar-refractivity contribution < 1.29 is 14.3 Å². The molecule has 26 heavy (non-hydrogen) atoms. The van der Waals surface area contributed by atoms with E-state index in [0.29, 0.717) is 19.5 Å². The molecule has 136 valence electrons. The Morgan fingerprint density at radius 1 is 1.19 bits per heavy atom. The zero-order valence-electron chi connectivity index (χ0n) is 15.2. The van der Waals surface area contributed by atoms with Crippen molar-refractivity contribution in [3.8, 4) is 5.75 Å². The van der Waals surface area contributed by atoms with Crippen molar-refractivity contribution in [1.29, 1.82) is 0 Å². The Hall–Kier alpha value is -2.82. The van der Waals surface area contributed by atoms with Crippen LogP contribution in [0.25, 0.3) is 0 Å². The third-order valence-corrected chi connectivity index (χ3v) is 4.73. The molecule has 5 heteroatoms. The number of ether oxygens (including phenoxy) is 1. The molecule has 0 saturated carbocycles. The summed E-state index contributed by atoms with van der Waals surface area (Å²) in [6, 6.07) is 15.6. The molecule has 3 rings (SSSR count). The lowest BCUT2D eigenvalue weighted by Gasteiger charge is -2.17. The second-order valence-electron chi connectivity index (χ2n) is 6.59. The average Bonchev–Trinajstić information content (AvgIpc) is 3.04. The third-order valence-electron chi connectivity index (χ3n) is 4.73. The van der Waals surface area contributed by atoms with Crippen LogP contribution in [0, 0.1) is 12.8 Å². The molecular formula is C21H24N2O3. The molecule has 5 nitrogen and oxygen atoms in total. The van der Waals surface area contributed by atoms with Crippen LogP contribution >= 0.6 is 0 Å². The van der Waals surface area contributed by atoms with Crippen molar-refractivity contribution in [2.75, 3.05) is 25.1 Å². The summed E-state index contributed by atoms with van der Waals surface area (Å²) >= 11 is 0. The lowest BCUT2D eigenvalue weighted by molar-refractivity contribution is -0.126. The maximum absolute atomic E-state index is 12.4. The van der Waals surface area contributed by atoms with E-state index in [1.54, 1.807) is 12.0 Å². The number of aryl methyl sites for hydroxylation is 1. The van der Waals surface area contributed by atoms with Gasteiger partial charge in [0, 0.05) is 25.2 Å². The van der Waals surface area contributed by atoms with Crippen LogP contribution < -0.4 is 15.0 Å². The predicted octanol–water partition coefficient (Wildman–Crippen LogP) is 2.72. The molecule has 2 aromatic rings. The number of methoxy groups -OCH3 is 1. The Morgan fingerprint density at radius 3 is 2.65 bits per heavy atom. The summed E-state index contributed by atoms with van der Waals surface area (Å²) in [6.07, 6.45) is 0.951. The number of para-hydroxylation sites is 1. The first-order valence-corrected chi connectivity index (χ1v) is 8.85. The van der Waals surface area contributed by atoms with Crippen LogP contribution in [0.3, 0.4) is 0 Å². The third kappa shape index (κ3) is 4.04. The highest BCUT2D eigenvalue weighted by molar-refractivity contribution is 6.00. The highest BCUT2D eigenvalue weighted by Crippen LogP contribution is 2.25. The number of nitrogens with zero attached hydrogens (tertiary/aromatic N) is 1. The molecule has 2 aromatic carbocycles. The lowest BCUT2D eigenvalue weighted by atomic mass is 10.1. The zero-order valence-corrected chi connectivity index (χ0v) is 15.2. The number of carbonyl (C=O) groups is 2. The fraction of sp³-hybridized carbons (Fsp3) is 0.333. The van der Waals surface area contributed by atoms with Gasteiger partial charge in [-0.25, -0.2) is 0 Å². The smallest absolute Gasteiger partial charge is 0.227 e. The number of nitrogens with one attached hydrogen (secondary N) is 1. The van der Waals surface area contributed by atoms with Gasteiger partial charge < -0.3 is 15.0 Å². The minimum Gasteiger partial charge on any atom is -0.496 e. The summed E-state index contributed by atoms with van der Waals surface area (Å²) in [6.45, 7) is 2.96. The first-order chi connectivity index (χ1) is 12.6. The molecule has 2 amide bonds. The molecular weight excluding hydrogens is 328 g/mol. The lowest BCUT2D eigenvalue weighted by Crippen LogP contribution is -2.34. The number of rotatable bonds is 6. The highest BCUT2D eigenvalue weighted by Gasteiger charge is 2.34. The first kappa shape index (κ1) is 18.0. The normalized spacial score (nSPS) is 16.6. The van der Waals surface area contributed by atoms with Crippen LogP contribution in [0.5, 0.6) is 5.75 Å². The van der Waals surface area contributed by atoms with Gasteiger partial charge in [-0.3, -0.25) is 9.59 Å².